The normalized spacial score (nSPS) is 12.1. The predicted molar refractivity (Wildman–Crippen MR) is 69.4 cm³/mol. The molecule has 0 amide bonds. The highest BCUT2D eigenvalue weighted by molar-refractivity contribution is 5.28. The fraction of sp³-hybridized carbons (Fsp3) is 0.214. The van der Waals surface area contributed by atoms with Crippen LogP contribution < -0.4 is 10.5 Å². The third-order valence-electron chi connectivity index (χ3n) is 2.59. The van der Waals surface area contributed by atoms with Crippen molar-refractivity contribution in [3.8, 4) is 11.6 Å². The van der Waals surface area contributed by atoms with E-state index >= 15 is 0 Å². The molecule has 0 bridgehead atoms. The zero-order chi connectivity index (χ0) is 12.8. The average Bonchev–Trinajstić information content (AvgIpc) is 2.41. The van der Waals surface area contributed by atoms with Gasteiger partial charge in [-0.15, -0.1) is 0 Å². The van der Waals surface area contributed by atoms with Crippen LogP contribution in [0.2, 0.25) is 0 Å². The Hall–Kier alpha value is -1.91. The van der Waals surface area contributed by atoms with Crippen molar-refractivity contribution in [3.05, 3.63) is 54.2 Å². The maximum absolute atomic E-state index is 8.82. The topological polar surface area (TPSA) is 68.4 Å². The van der Waals surface area contributed by atoms with Gasteiger partial charge in [-0.3, -0.25) is 0 Å². The van der Waals surface area contributed by atoms with Crippen LogP contribution in [0.5, 0.6) is 11.6 Å². The van der Waals surface area contributed by atoms with E-state index in [0.29, 0.717) is 12.3 Å². The molecular formula is C14H16N2O2. The van der Waals surface area contributed by atoms with Gasteiger partial charge in [0.25, 0.3) is 0 Å². The van der Waals surface area contributed by atoms with E-state index in [2.05, 4.69) is 4.98 Å². The summed E-state index contributed by atoms with van der Waals surface area (Å²) in [4.78, 5) is 4.19. The van der Waals surface area contributed by atoms with Gasteiger partial charge in [0.05, 0.1) is 0 Å². The molecule has 2 rings (SSSR count). The van der Waals surface area contributed by atoms with Crippen molar-refractivity contribution < 1.29 is 9.84 Å². The molecule has 3 N–H and O–H groups in total. The first-order valence-electron chi connectivity index (χ1n) is 5.85. The van der Waals surface area contributed by atoms with Gasteiger partial charge in [-0.05, 0) is 24.1 Å². The van der Waals surface area contributed by atoms with Crippen molar-refractivity contribution in [3.63, 3.8) is 0 Å². The lowest BCUT2D eigenvalue weighted by molar-refractivity contribution is 0.276. The number of hydrogen-bond donors (Lipinski definition) is 2. The van der Waals surface area contributed by atoms with Crippen molar-refractivity contribution in [1.29, 1.82) is 0 Å². The second-order valence-electron chi connectivity index (χ2n) is 3.96. The number of ether oxygens (including phenoxy) is 1. The number of aliphatic hydroxyl groups is 1. The van der Waals surface area contributed by atoms with Gasteiger partial charge >= 0.3 is 0 Å². The Morgan fingerprint density at radius 3 is 2.56 bits per heavy atom. The molecule has 1 aromatic carbocycles. The maximum atomic E-state index is 8.82. The molecule has 4 heteroatoms. The number of para-hydroxylation sites is 1. The first-order chi connectivity index (χ1) is 8.79. The van der Waals surface area contributed by atoms with Gasteiger partial charge in [0.1, 0.15) is 5.75 Å². The first-order valence-corrected chi connectivity index (χ1v) is 5.85. The van der Waals surface area contributed by atoms with Crippen LogP contribution in [0, 0.1) is 0 Å². The highest BCUT2D eigenvalue weighted by Gasteiger charge is 2.06. The van der Waals surface area contributed by atoms with Gasteiger partial charge in [-0.1, -0.05) is 24.3 Å². The molecule has 0 radical (unpaired) electrons. The monoisotopic (exact) mass is 244 g/mol. The van der Waals surface area contributed by atoms with Crippen molar-refractivity contribution in [2.45, 2.75) is 12.5 Å². The molecule has 0 aliphatic rings. The lowest BCUT2D eigenvalue weighted by Gasteiger charge is -2.10. The van der Waals surface area contributed by atoms with Crippen molar-refractivity contribution in [1.82, 2.24) is 4.98 Å². The maximum Gasteiger partial charge on any atom is 0.219 e. The van der Waals surface area contributed by atoms with E-state index in [1.54, 1.807) is 12.3 Å². The molecule has 0 fully saturated rings. The Kier molecular flexibility index (Phi) is 4.28. The molecule has 0 aliphatic heterocycles. The van der Waals surface area contributed by atoms with Crippen LogP contribution in [0.1, 0.15) is 18.0 Å². The summed E-state index contributed by atoms with van der Waals surface area (Å²) >= 11 is 0. The zero-order valence-electron chi connectivity index (χ0n) is 9.99. The molecule has 2 aromatic rings. The molecule has 1 aromatic heterocycles. The summed E-state index contributed by atoms with van der Waals surface area (Å²) in [5.74, 6) is 1.28. The molecule has 0 aliphatic carbocycles. The van der Waals surface area contributed by atoms with E-state index in [0.717, 1.165) is 11.3 Å². The molecule has 1 heterocycles. The van der Waals surface area contributed by atoms with Gasteiger partial charge in [0, 0.05) is 24.9 Å². The van der Waals surface area contributed by atoms with Crippen molar-refractivity contribution in [2.75, 3.05) is 6.61 Å². The van der Waals surface area contributed by atoms with Crippen LogP contribution in [0.25, 0.3) is 0 Å². The molecule has 18 heavy (non-hydrogen) atoms. The number of aliphatic hydroxyl groups excluding tert-OH is 1. The average molecular weight is 244 g/mol. The van der Waals surface area contributed by atoms with E-state index in [1.165, 1.54) is 0 Å². The minimum Gasteiger partial charge on any atom is -0.439 e. The zero-order valence-corrected chi connectivity index (χ0v) is 9.99. The second kappa shape index (κ2) is 6.14. The Labute approximate surface area is 106 Å². The van der Waals surface area contributed by atoms with E-state index in [4.69, 9.17) is 15.6 Å². The van der Waals surface area contributed by atoms with Gasteiger partial charge in [0.2, 0.25) is 5.88 Å². The van der Waals surface area contributed by atoms with Gasteiger partial charge in [-0.25, -0.2) is 4.98 Å². The molecule has 4 nitrogen and oxygen atoms in total. The molecule has 94 valence electrons. The third-order valence-corrected chi connectivity index (χ3v) is 2.59. The summed E-state index contributed by atoms with van der Waals surface area (Å²) in [6.45, 7) is 0.0729. The van der Waals surface area contributed by atoms with Crippen LogP contribution in [0.4, 0.5) is 0 Å². The second-order valence-corrected chi connectivity index (χ2v) is 3.96. The fourth-order valence-corrected chi connectivity index (χ4v) is 1.59. The smallest absolute Gasteiger partial charge is 0.219 e. The number of pyridine rings is 1. The lowest BCUT2D eigenvalue weighted by atomic mass is 10.1. The number of benzene rings is 1. The minimum atomic E-state index is -0.187. The standard InChI is InChI=1S/C14H16N2O2/c15-13(8-9-17)11-6-7-14(16-10-11)18-12-4-2-1-3-5-12/h1-7,10,13,17H,8-9,15H2. The highest BCUT2D eigenvalue weighted by atomic mass is 16.5. The summed E-state index contributed by atoms with van der Waals surface area (Å²) in [7, 11) is 0. The van der Waals surface area contributed by atoms with E-state index in [-0.39, 0.29) is 12.6 Å². The van der Waals surface area contributed by atoms with E-state index in [1.807, 2.05) is 36.4 Å². The van der Waals surface area contributed by atoms with Crippen LogP contribution >= 0.6 is 0 Å². The Balaban J connectivity index is 2.04. The number of aromatic nitrogens is 1. The highest BCUT2D eigenvalue weighted by Crippen LogP contribution is 2.20. The molecule has 1 atom stereocenters. The van der Waals surface area contributed by atoms with Gasteiger partial charge < -0.3 is 15.6 Å². The molecule has 0 spiro atoms. The quantitative estimate of drug-likeness (QED) is 0.846. The molecule has 0 saturated heterocycles. The van der Waals surface area contributed by atoms with Crippen molar-refractivity contribution >= 4 is 0 Å². The summed E-state index contributed by atoms with van der Waals surface area (Å²) in [5.41, 5.74) is 6.76. The summed E-state index contributed by atoms with van der Waals surface area (Å²) < 4.78 is 5.57. The van der Waals surface area contributed by atoms with Crippen LogP contribution in [-0.2, 0) is 0 Å². The van der Waals surface area contributed by atoms with Crippen LogP contribution in [0.15, 0.2) is 48.7 Å². The van der Waals surface area contributed by atoms with Gasteiger partial charge in [0.15, 0.2) is 0 Å². The van der Waals surface area contributed by atoms with E-state index < -0.39 is 0 Å². The Morgan fingerprint density at radius 1 is 1.17 bits per heavy atom. The first kappa shape index (κ1) is 12.5. The van der Waals surface area contributed by atoms with Crippen LogP contribution in [-0.4, -0.2) is 16.7 Å². The number of rotatable bonds is 5. The molecular weight excluding hydrogens is 228 g/mol. The molecule has 0 saturated carbocycles. The predicted octanol–water partition coefficient (Wildman–Crippen LogP) is 2.26. The molecule has 1 unspecified atom stereocenters. The number of nitrogens with zero attached hydrogens (tertiary/aromatic N) is 1. The SMILES string of the molecule is NC(CCO)c1ccc(Oc2ccccc2)nc1. The third kappa shape index (κ3) is 3.29. The van der Waals surface area contributed by atoms with Crippen LogP contribution in [0.3, 0.4) is 0 Å². The lowest BCUT2D eigenvalue weighted by Crippen LogP contribution is -2.12. The van der Waals surface area contributed by atoms with Crippen molar-refractivity contribution in [2.24, 2.45) is 5.73 Å². The van der Waals surface area contributed by atoms with E-state index in [9.17, 15) is 0 Å². The minimum absolute atomic E-state index is 0.0729. The Morgan fingerprint density at radius 2 is 1.94 bits per heavy atom. The largest absolute Gasteiger partial charge is 0.439 e. The summed E-state index contributed by atoms with van der Waals surface area (Å²) in [6.07, 6.45) is 2.21. The Bertz CT molecular complexity index is 471. The number of nitrogens with two attached hydrogens (primary N) is 1. The summed E-state index contributed by atoms with van der Waals surface area (Å²) in [5, 5.41) is 8.82. The summed E-state index contributed by atoms with van der Waals surface area (Å²) in [6, 6.07) is 12.9. The van der Waals surface area contributed by atoms with Gasteiger partial charge in [-0.2, -0.15) is 0 Å². The number of hydrogen-bond acceptors (Lipinski definition) is 4. The fourth-order valence-electron chi connectivity index (χ4n) is 1.59.